The summed E-state index contributed by atoms with van der Waals surface area (Å²) in [5.41, 5.74) is 2.82. The minimum atomic E-state index is 1.05. The molecule has 1 aliphatic heterocycles. The Bertz CT molecular complexity index is 498. The molecule has 1 aliphatic rings. The van der Waals surface area contributed by atoms with Gasteiger partial charge in [-0.3, -0.25) is 14.8 Å². The highest BCUT2D eigenvalue weighted by atomic mass is 32.1. The summed E-state index contributed by atoms with van der Waals surface area (Å²) in [5, 5.41) is 4.43. The van der Waals surface area contributed by atoms with E-state index in [4.69, 9.17) is 0 Å². The molecule has 0 N–H and O–H groups in total. The lowest BCUT2D eigenvalue weighted by Crippen LogP contribution is -2.30. The van der Waals surface area contributed by atoms with Crippen LogP contribution in [0.2, 0.25) is 0 Å². The summed E-state index contributed by atoms with van der Waals surface area (Å²) in [7, 11) is 0. The molecule has 0 bridgehead atoms. The highest BCUT2D eigenvalue weighted by molar-refractivity contribution is 7.07. The molecule has 20 heavy (non-hydrogen) atoms. The summed E-state index contributed by atoms with van der Waals surface area (Å²) >= 11 is 1.79. The Labute approximate surface area is 124 Å². The van der Waals surface area contributed by atoms with Crippen molar-refractivity contribution in [1.82, 2.24) is 14.8 Å². The first-order valence-corrected chi connectivity index (χ1v) is 8.19. The summed E-state index contributed by atoms with van der Waals surface area (Å²) in [6.07, 6.45) is 5.03. The third-order valence-corrected chi connectivity index (χ3v) is 4.56. The van der Waals surface area contributed by atoms with Crippen molar-refractivity contribution in [2.45, 2.75) is 19.5 Å². The van der Waals surface area contributed by atoms with E-state index in [1.807, 2.05) is 12.4 Å². The lowest BCUT2D eigenvalue weighted by atomic mass is 10.2. The Hall–Kier alpha value is -1.23. The molecule has 4 heteroatoms. The average Bonchev–Trinajstić information content (AvgIpc) is 2.88. The van der Waals surface area contributed by atoms with Crippen LogP contribution in [0.3, 0.4) is 0 Å². The second kappa shape index (κ2) is 6.97. The monoisotopic (exact) mass is 287 g/mol. The Morgan fingerprint density at radius 1 is 0.900 bits per heavy atom. The second-order valence-electron chi connectivity index (χ2n) is 5.39. The Morgan fingerprint density at radius 3 is 2.25 bits per heavy atom. The standard InChI is InChI=1S/C16H21N3S/c1-7-18(12-15-2-5-17-6-3-15)9-10-19(8-1)13-16-4-11-20-14-16/h2-6,11,14H,1,7-10,12-13H2. The molecule has 0 aromatic carbocycles. The zero-order valence-corrected chi connectivity index (χ0v) is 12.6. The summed E-state index contributed by atoms with van der Waals surface area (Å²) in [5.74, 6) is 0. The summed E-state index contributed by atoms with van der Waals surface area (Å²) in [6, 6.07) is 6.48. The van der Waals surface area contributed by atoms with Gasteiger partial charge in [-0.25, -0.2) is 0 Å². The van der Waals surface area contributed by atoms with Crippen molar-refractivity contribution in [3.05, 3.63) is 52.5 Å². The third-order valence-electron chi connectivity index (χ3n) is 3.82. The number of rotatable bonds is 4. The first kappa shape index (κ1) is 13.7. The lowest BCUT2D eigenvalue weighted by Gasteiger charge is -2.21. The molecule has 3 rings (SSSR count). The number of aromatic nitrogens is 1. The van der Waals surface area contributed by atoms with Crippen molar-refractivity contribution in [2.24, 2.45) is 0 Å². The van der Waals surface area contributed by atoms with Gasteiger partial charge in [0, 0.05) is 38.6 Å². The van der Waals surface area contributed by atoms with Gasteiger partial charge in [0.25, 0.3) is 0 Å². The van der Waals surface area contributed by atoms with Crippen molar-refractivity contribution in [3.63, 3.8) is 0 Å². The molecule has 2 aromatic rings. The molecule has 1 fully saturated rings. The van der Waals surface area contributed by atoms with Crippen LogP contribution < -0.4 is 0 Å². The van der Waals surface area contributed by atoms with Gasteiger partial charge in [-0.2, -0.15) is 11.3 Å². The molecule has 0 aliphatic carbocycles. The van der Waals surface area contributed by atoms with Crippen molar-refractivity contribution < 1.29 is 0 Å². The normalized spacial score (nSPS) is 18.0. The predicted molar refractivity (Wildman–Crippen MR) is 83.7 cm³/mol. The van der Waals surface area contributed by atoms with Crippen molar-refractivity contribution >= 4 is 11.3 Å². The smallest absolute Gasteiger partial charge is 0.0271 e. The quantitative estimate of drug-likeness (QED) is 0.862. The van der Waals surface area contributed by atoms with Gasteiger partial charge in [-0.15, -0.1) is 0 Å². The van der Waals surface area contributed by atoms with Crippen LogP contribution in [-0.2, 0) is 13.1 Å². The van der Waals surface area contributed by atoms with Crippen LogP contribution in [-0.4, -0.2) is 41.0 Å². The molecule has 0 amide bonds. The van der Waals surface area contributed by atoms with Gasteiger partial charge in [0.2, 0.25) is 0 Å². The van der Waals surface area contributed by atoms with E-state index in [1.165, 1.54) is 37.2 Å². The van der Waals surface area contributed by atoms with Gasteiger partial charge < -0.3 is 0 Å². The maximum absolute atomic E-state index is 4.09. The minimum absolute atomic E-state index is 1.05. The second-order valence-corrected chi connectivity index (χ2v) is 6.17. The predicted octanol–water partition coefficient (Wildman–Crippen LogP) is 2.85. The van der Waals surface area contributed by atoms with Gasteiger partial charge >= 0.3 is 0 Å². The molecule has 106 valence electrons. The molecular formula is C16H21N3S. The highest BCUT2D eigenvalue weighted by Gasteiger charge is 2.15. The van der Waals surface area contributed by atoms with Crippen LogP contribution in [0.25, 0.3) is 0 Å². The lowest BCUT2D eigenvalue weighted by molar-refractivity contribution is 0.247. The van der Waals surface area contributed by atoms with Gasteiger partial charge in [0.05, 0.1) is 0 Å². The van der Waals surface area contributed by atoms with Crippen molar-refractivity contribution in [1.29, 1.82) is 0 Å². The van der Waals surface area contributed by atoms with E-state index in [0.29, 0.717) is 0 Å². The third kappa shape index (κ3) is 3.88. The van der Waals surface area contributed by atoms with Crippen LogP contribution in [0, 0.1) is 0 Å². The SMILES string of the molecule is c1cc(CN2CCCN(Cc3ccsc3)CC2)ccn1. The Balaban J connectivity index is 1.51. The van der Waals surface area contributed by atoms with E-state index >= 15 is 0 Å². The first-order valence-electron chi connectivity index (χ1n) is 7.25. The summed E-state index contributed by atoms with van der Waals surface area (Å²) in [6.45, 7) is 6.89. The van der Waals surface area contributed by atoms with Crippen molar-refractivity contribution in [3.8, 4) is 0 Å². The largest absolute Gasteiger partial charge is 0.298 e. The van der Waals surface area contributed by atoms with E-state index in [1.54, 1.807) is 11.3 Å². The number of pyridine rings is 1. The van der Waals surface area contributed by atoms with E-state index < -0.39 is 0 Å². The topological polar surface area (TPSA) is 19.4 Å². The number of thiophene rings is 1. The molecule has 3 heterocycles. The average molecular weight is 287 g/mol. The van der Waals surface area contributed by atoms with Gasteiger partial charge in [0.1, 0.15) is 0 Å². The maximum Gasteiger partial charge on any atom is 0.0271 e. The summed E-state index contributed by atoms with van der Waals surface area (Å²) < 4.78 is 0. The fraction of sp³-hybridized carbons (Fsp3) is 0.438. The number of hydrogen-bond acceptors (Lipinski definition) is 4. The van der Waals surface area contributed by atoms with Crippen LogP contribution in [0.1, 0.15) is 17.5 Å². The zero-order valence-electron chi connectivity index (χ0n) is 11.7. The molecule has 1 saturated heterocycles. The molecule has 2 aromatic heterocycles. The molecule has 0 atom stereocenters. The fourth-order valence-corrected chi connectivity index (χ4v) is 3.39. The van der Waals surface area contributed by atoms with Crippen LogP contribution >= 0.6 is 11.3 Å². The van der Waals surface area contributed by atoms with Crippen LogP contribution in [0.15, 0.2) is 41.4 Å². The molecule has 0 radical (unpaired) electrons. The highest BCUT2D eigenvalue weighted by Crippen LogP contribution is 2.13. The Kier molecular flexibility index (Phi) is 4.79. The zero-order chi connectivity index (χ0) is 13.6. The summed E-state index contributed by atoms with van der Waals surface area (Å²) in [4.78, 5) is 9.22. The van der Waals surface area contributed by atoms with Gasteiger partial charge in [-0.05, 0) is 59.6 Å². The Morgan fingerprint density at radius 2 is 1.60 bits per heavy atom. The van der Waals surface area contributed by atoms with Gasteiger partial charge in [0.15, 0.2) is 0 Å². The van der Waals surface area contributed by atoms with E-state index in [0.717, 1.165) is 19.6 Å². The molecule has 0 spiro atoms. The molecular weight excluding hydrogens is 266 g/mol. The molecule has 0 saturated carbocycles. The minimum Gasteiger partial charge on any atom is -0.298 e. The van der Waals surface area contributed by atoms with Crippen molar-refractivity contribution in [2.75, 3.05) is 26.2 Å². The molecule has 0 unspecified atom stereocenters. The number of nitrogens with zero attached hydrogens (tertiary/aromatic N) is 3. The van der Waals surface area contributed by atoms with E-state index in [2.05, 4.69) is 43.7 Å². The van der Waals surface area contributed by atoms with Gasteiger partial charge in [-0.1, -0.05) is 0 Å². The van der Waals surface area contributed by atoms with Crippen LogP contribution in [0.5, 0.6) is 0 Å². The molecule has 3 nitrogen and oxygen atoms in total. The van der Waals surface area contributed by atoms with E-state index in [9.17, 15) is 0 Å². The van der Waals surface area contributed by atoms with E-state index in [-0.39, 0.29) is 0 Å². The maximum atomic E-state index is 4.09. The number of hydrogen-bond donors (Lipinski definition) is 0. The van der Waals surface area contributed by atoms with Crippen LogP contribution in [0.4, 0.5) is 0 Å². The fourth-order valence-electron chi connectivity index (χ4n) is 2.73. The first-order chi connectivity index (χ1) is 9.90.